The van der Waals surface area contributed by atoms with Crippen molar-refractivity contribution in [1.29, 1.82) is 0 Å². The van der Waals surface area contributed by atoms with E-state index in [-0.39, 0.29) is 23.2 Å². The highest BCUT2D eigenvalue weighted by atomic mass is 16.6. The molecule has 8 heteroatoms. The summed E-state index contributed by atoms with van der Waals surface area (Å²) in [6.45, 7) is 10.1. The summed E-state index contributed by atoms with van der Waals surface area (Å²) in [5.74, 6) is 0.366. The summed E-state index contributed by atoms with van der Waals surface area (Å²) in [7, 11) is 1.36. The molecule has 1 aliphatic heterocycles. The second-order valence-corrected chi connectivity index (χ2v) is 13.5. The molecule has 0 aromatic heterocycles. The standard InChI is InChI=1S/C26H40N2O6/c1-23(2,3)34-22(31)27-19(25-8-14-7-15(9-25)11-26(32,10-14)13-25)20(29)28-12-16-17(24(16,4)5)18(28)21(30)33-6/h14-19,32H,7-13H2,1-6H3,(H,27,31)/t14-,15+,16-,17-,18-,19+,25?,26?/m0/s1. The van der Waals surface area contributed by atoms with Gasteiger partial charge in [-0.1, -0.05) is 13.8 Å². The first-order valence-electron chi connectivity index (χ1n) is 12.8. The van der Waals surface area contributed by atoms with Crippen molar-refractivity contribution in [3.63, 3.8) is 0 Å². The molecule has 6 fully saturated rings. The number of piperidine rings is 1. The van der Waals surface area contributed by atoms with Gasteiger partial charge in [-0.05, 0) is 82.5 Å². The van der Waals surface area contributed by atoms with Crippen LogP contribution < -0.4 is 5.32 Å². The molecule has 1 heterocycles. The van der Waals surface area contributed by atoms with Gasteiger partial charge in [-0.3, -0.25) is 4.79 Å². The lowest BCUT2D eigenvalue weighted by Gasteiger charge is -2.62. The summed E-state index contributed by atoms with van der Waals surface area (Å²) >= 11 is 0. The van der Waals surface area contributed by atoms with Crippen molar-refractivity contribution in [2.24, 2.45) is 34.5 Å². The van der Waals surface area contributed by atoms with Gasteiger partial charge < -0.3 is 24.8 Å². The molecule has 8 atom stereocenters. The average Bonchev–Trinajstić information content (AvgIpc) is 3.03. The Hall–Kier alpha value is -1.83. The number of alkyl carbamates (subject to hydrolysis) is 1. The number of aliphatic hydroxyl groups is 1. The van der Waals surface area contributed by atoms with Crippen LogP contribution in [0.25, 0.3) is 0 Å². The van der Waals surface area contributed by atoms with Gasteiger partial charge in [0.2, 0.25) is 5.91 Å². The highest BCUT2D eigenvalue weighted by Crippen LogP contribution is 2.66. The molecule has 190 valence electrons. The Balaban J connectivity index is 1.47. The van der Waals surface area contributed by atoms with Crippen LogP contribution in [0, 0.1) is 34.5 Å². The monoisotopic (exact) mass is 476 g/mol. The number of ether oxygens (including phenoxy) is 2. The predicted octanol–water partition coefficient (Wildman–Crippen LogP) is 2.87. The molecule has 0 aromatic carbocycles. The highest BCUT2D eigenvalue weighted by molar-refractivity contribution is 5.92. The van der Waals surface area contributed by atoms with Crippen LogP contribution in [-0.4, -0.2) is 64.9 Å². The maximum Gasteiger partial charge on any atom is 0.408 e. The molecule has 34 heavy (non-hydrogen) atoms. The minimum absolute atomic E-state index is 0.0143. The number of esters is 1. The maximum atomic E-state index is 14.2. The molecule has 4 bridgehead atoms. The number of hydrogen-bond donors (Lipinski definition) is 2. The minimum Gasteiger partial charge on any atom is -0.467 e. The summed E-state index contributed by atoms with van der Waals surface area (Å²) in [5.41, 5.74) is -2.03. The number of rotatable bonds is 4. The summed E-state index contributed by atoms with van der Waals surface area (Å²) in [6, 6.07) is -1.48. The van der Waals surface area contributed by atoms with Gasteiger partial charge in [0.25, 0.3) is 0 Å². The topological polar surface area (TPSA) is 105 Å². The maximum absolute atomic E-state index is 14.2. The van der Waals surface area contributed by atoms with Gasteiger partial charge in [-0.2, -0.15) is 0 Å². The van der Waals surface area contributed by atoms with Gasteiger partial charge in [0.1, 0.15) is 17.7 Å². The van der Waals surface area contributed by atoms with Gasteiger partial charge in [0.15, 0.2) is 0 Å². The van der Waals surface area contributed by atoms with E-state index in [1.54, 1.807) is 25.7 Å². The van der Waals surface area contributed by atoms with E-state index in [2.05, 4.69) is 19.2 Å². The summed E-state index contributed by atoms with van der Waals surface area (Å²) in [6.07, 6.45) is 4.07. The second kappa shape index (κ2) is 7.34. The van der Waals surface area contributed by atoms with E-state index in [9.17, 15) is 19.5 Å². The minimum atomic E-state index is -0.840. The van der Waals surface area contributed by atoms with Crippen molar-refractivity contribution in [3.05, 3.63) is 0 Å². The number of carbonyl (C=O) groups is 3. The van der Waals surface area contributed by atoms with E-state index in [0.717, 1.165) is 32.1 Å². The number of carbonyl (C=O) groups excluding carboxylic acids is 3. The van der Waals surface area contributed by atoms with E-state index in [1.165, 1.54) is 7.11 Å². The number of nitrogens with one attached hydrogen (secondary N) is 1. The lowest BCUT2D eigenvalue weighted by Crippen LogP contribution is -2.67. The largest absolute Gasteiger partial charge is 0.467 e. The molecule has 0 radical (unpaired) electrons. The van der Waals surface area contributed by atoms with Crippen molar-refractivity contribution in [1.82, 2.24) is 10.2 Å². The molecule has 8 nitrogen and oxygen atoms in total. The molecule has 1 saturated heterocycles. The first kappa shape index (κ1) is 23.9. The van der Waals surface area contributed by atoms with E-state index in [0.29, 0.717) is 24.8 Å². The second-order valence-electron chi connectivity index (χ2n) is 13.5. The van der Waals surface area contributed by atoms with Crippen LogP contribution in [0.4, 0.5) is 4.79 Å². The Morgan fingerprint density at radius 2 is 1.71 bits per heavy atom. The van der Waals surface area contributed by atoms with Gasteiger partial charge in [-0.15, -0.1) is 0 Å². The highest BCUT2D eigenvalue weighted by Gasteiger charge is 2.71. The zero-order valence-corrected chi connectivity index (χ0v) is 21.3. The van der Waals surface area contributed by atoms with Crippen LogP contribution in [0.1, 0.15) is 73.1 Å². The third-order valence-electron chi connectivity index (χ3n) is 9.53. The molecule has 0 aromatic rings. The Morgan fingerprint density at radius 3 is 2.24 bits per heavy atom. The molecule has 2 N–H and O–H groups in total. The molecular weight excluding hydrogens is 436 g/mol. The fourth-order valence-corrected chi connectivity index (χ4v) is 8.59. The van der Waals surface area contributed by atoms with E-state index >= 15 is 0 Å². The summed E-state index contributed by atoms with van der Waals surface area (Å²) in [5, 5.41) is 14.3. The van der Waals surface area contributed by atoms with Crippen LogP contribution in [0.2, 0.25) is 0 Å². The molecular formula is C26H40N2O6. The van der Waals surface area contributed by atoms with Gasteiger partial charge in [0, 0.05) is 17.9 Å². The molecule has 5 aliphatic carbocycles. The third kappa shape index (κ3) is 3.71. The van der Waals surface area contributed by atoms with Crippen LogP contribution in [0.15, 0.2) is 0 Å². The Labute approximate surface area is 202 Å². The Morgan fingerprint density at radius 1 is 1.09 bits per heavy atom. The molecule has 0 spiro atoms. The number of methoxy groups -OCH3 is 1. The predicted molar refractivity (Wildman–Crippen MR) is 124 cm³/mol. The van der Waals surface area contributed by atoms with Crippen LogP contribution in [-0.2, 0) is 19.1 Å². The van der Waals surface area contributed by atoms with Gasteiger partial charge in [0.05, 0.1) is 12.7 Å². The van der Waals surface area contributed by atoms with Crippen LogP contribution in [0.3, 0.4) is 0 Å². The lowest BCUT2D eigenvalue weighted by molar-refractivity contribution is -0.182. The molecule has 2 amide bonds. The summed E-state index contributed by atoms with van der Waals surface area (Å²) < 4.78 is 10.7. The SMILES string of the molecule is COC(=O)[C@@H]1[C@@H]2[C@H](CN1C(=O)[C@@H](NC(=O)OC(C)(C)C)C13C[C@@H]4C[C@@H](CC(O)(C4)C1)C3)C2(C)C. The Bertz CT molecular complexity index is 893. The normalized spacial score (nSPS) is 42.1. The fraction of sp³-hybridized carbons (Fsp3) is 0.885. The smallest absolute Gasteiger partial charge is 0.408 e. The number of fused-ring (bicyclic) bond motifs is 1. The first-order valence-corrected chi connectivity index (χ1v) is 12.8. The molecule has 2 unspecified atom stereocenters. The van der Waals surface area contributed by atoms with Gasteiger partial charge >= 0.3 is 12.1 Å². The van der Waals surface area contributed by atoms with Crippen LogP contribution >= 0.6 is 0 Å². The van der Waals surface area contributed by atoms with Crippen LogP contribution in [0.5, 0.6) is 0 Å². The average molecular weight is 477 g/mol. The van der Waals surface area contributed by atoms with Crippen molar-refractivity contribution in [2.75, 3.05) is 13.7 Å². The fourth-order valence-electron chi connectivity index (χ4n) is 8.59. The summed E-state index contributed by atoms with van der Waals surface area (Å²) in [4.78, 5) is 41.7. The number of nitrogens with zero attached hydrogens (tertiary/aromatic N) is 1. The zero-order valence-electron chi connectivity index (χ0n) is 21.3. The van der Waals surface area contributed by atoms with Crippen molar-refractivity contribution in [2.45, 2.75) is 96.4 Å². The molecule has 5 saturated carbocycles. The number of likely N-dealkylation sites (tertiary alicyclic amines) is 1. The number of hydrogen-bond acceptors (Lipinski definition) is 6. The van der Waals surface area contributed by atoms with Crippen molar-refractivity contribution >= 4 is 18.0 Å². The lowest BCUT2D eigenvalue weighted by atomic mass is 9.46. The van der Waals surface area contributed by atoms with E-state index < -0.39 is 40.8 Å². The van der Waals surface area contributed by atoms with Crippen molar-refractivity contribution < 1.29 is 29.0 Å². The molecule has 6 aliphatic rings. The number of amides is 2. The van der Waals surface area contributed by atoms with E-state index in [4.69, 9.17) is 9.47 Å². The van der Waals surface area contributed by atoms with Crippen molar-refractivity contribution in [3.8, 4) is 0 Å². The quantitative estimate of drug-likeness (QED) is 0.605. The third-order valence-corrected chi connectivity index (χ3v) is 9.53. The first-order chi connectivity index (χ1) is 15.7. The Kier molecular flexibility index (Phi) is 5.16. The van der Waals surface area contributed by atoms with Gasteiger partial charge in [-0.25, -0.2) is 9.59 Å². The van der Waals surface area contributed by atoms with E-state index in [1.807, 2.05) is 0 Å². The zero-order chi connectivity index (χ0) is 24.8. The molecule has 6 rings (SSSR count).